The van der Waals surface area contributed by atoms with Crippen LogP contribution in [-0.2, 0) is 0 Å². The van der Waals surface area contributed by atoms with E-state index in [1.54, 1.807) is 36.5 Å². The summed E-state index contributed by atoms with van der Waals surface area (Å²) in [7, 11) is 0. The van der Waals surface area contributed by atoms with Crippen LogP contribution >= 0.6 is 0 Å². The first-order valence-electron chi connectivity index (χ1n) is 8.71. The van der Waals surface area contributed by atoms with Gasteiger partial charge in [-0.2, -0.15) is 4.98 Å². The Hall–Kier alpha value is -3.19. The molecule has 7 heteroatoms. The van der Waals surface area contributed by atoms with Gasteiger partial charge in [-0.15, -0.1) is 0 Å². The second-order valence-electron chi connectivity index (χ2n) is 6.30. The zero-order chi connectivity index (χ0) is 18.6. The first-order chi connectivity index (χ1) is 13.2. The van der Waals surface area contributed by atoms with Gasteiger partial charge in [0.05, 0.1) is 0 Å². The number of nitrogens with zero attached hydrogens (tertiary/aromatic N) is 3. The summed E-state index contributed by atoms with van der Waals surface area (Å²) in [5.74, 6) is 1.45. The zero-order valence-electron chi connectivity index (χ0n) is 14.5. The van der Waals surface area contributed by atoms with E-state index in [9.17, 15) is 9.50 Å². The van der Waals surface area contributed by atoms with E-state index in [4.69, 9.17) is 4.74 Å². The molecular weight excluding hydrogens is 347 g/mol. The van der Waals surface area contributed by atoms with Crippen LogP contribution in [0.5, 0.6) is 17.4 Å². The molecule has 1 aromatic heterocycles. The summed E-state index contributed by atoms with van der Waals surface area (Å²) in [6.07, 6.45) is 1.65. The van der Waals surface area contributed by atoms with Crippen molar-refractivity contribution in [1.29, 1.82) is 0 Å². The molecule has 138 valence electrons. The average Bonchev–Trinajstić information content (AvgIpc) is 2.71. The first kappa shape index (κ1) is 17.2. The van der Waals surface area contributed by atoms with Crippen LogP contribution in [0.15, 0.2) is 60.8 Å². The van der Waals surface area contributed by atoms with Gasteiger partial charge in [-0.05, 0) is 42.0 Å². The molecule has 3 aromatic rings. The Morgan fingerprint density at radius 1 is 1.07 bits per heavy atom. The van der Waals surface area contributed by atoms with Crippen molar-refractivity contribution in [3.05, 3.63) is 72.2 Å². The van der Waals surface area contributed by atoms with Gasteiger partial charge >= 0.3 is 0 Å². The van der Waals surface area contributed by atoms with Gasteiger partial charge in [-0.3, -0.25) is 0 Å². The Bertz CT molecular complexity index is 903. The maximum Gasteiger partial charge on any atom is 0.228 e. The molecule has 0 bridgehead atoms. The molecule has 0 spiro atoms. The molecule has 27 heavy (non-hydrogen) atoms. The maximum atomic E-state index is 13.0. The van der Waals surface area contributed by atoms with E-state index in [0.717, 1.165) is 18.7 Å². The van der Waals surface area contributed by atoms with Gasteiger partial charge in [-0.25, -0.2) is 9.37 Å². The molecule has 0 saturated carbocycles. The van der Waals surface area contributed by atoms with E-state index < -0.39 is 0 Å². The second kappa shape index (κ2) is 7.59. The third-order valence-electron chi connectivity index (χ3n) is 4.41. The van der Waals surface area contributed by atoms with Gasteiger partial charge in [0, 0.05) is 37.9 Å². The van der Waals surface area contributed by atoms with Gasteiger partial charge in [0.2, 0.25) is 11.8 Å². The second-order valence-corrected chi connectivity index (χ2v) is 6.30. The lowest BCUT2D eigenvalue weighted by atomic mass is 10.0. The van der Waals surface area contributed by atoms with Crippen LogP contribution in [0.4, 0.5) is 10.3 Å². The van der Waals surface area contributed by atoms with Crippen molar-refractivity contribution in [2.75, 3.05) is 24.5 Å². The fourth-order valence-electron chi connectivity index (χ4n) is 3.03. The number of phenolic OH excluding ortho intramolecular Hbond substituents is 1. The van der Waals surface area contributed by atoms with Crippen LogP contribution in [0.3, 0.4) is 0 Å². The van der Waals surface area contributed by atoms with Gasteiger partial charge in [0.25, 0.3) is 0 Å². The summed E-state index contributed by atoms with van der Waals surface area (Å²) < 4.78 is 18.7. The number of nitrogens with one attached hydrogen (secondary N) is 1. The Kier molecular flexibility index (Phi) is 4.84. The molecule has 0 aliphatic carbocycles. The van der Waals surface area contributed by atoms with E-state index in [2.05, 4.69) is 20.2 Å². The number of ether oxygens (including phenoxy) is 1. The summed E-state index contributed by atoms with van der Waals surface area (Å²) in [5.41, 5.74) is 1.09. The molecule has 1 aliphatic rings. The first-order valence-corrected chi connectivity index (χ1v) is 8.71. The van der Waals surface area contributed by atoms with Crippen LogP contribution in [-0.4, -0.2) is 34.7 Å². The molecule has 1 fully saturated rings. The van der Waals surface area contributed by atoms with Gasteiger partial charge in [0.1, 0.15) is 17.3 Å². The SMILES string of the molecule is Oc1ccc(C2CN(c3nccc(Oc4ccc(F)cc4)n3)CCN2)cc1. The van der Waals surface area contributed by atoms with E-state index in [0.29, 0.717) is 24.1 Å². The summed E-state index contributed by atoms with van der Waals surface area (Å²) >= 11 is 0. The molecule has 2 aromatic carbocycles. The molecule has 0 amide bonds. The van der Waals surface area contributed by atoms with Gasteiger partial charge in [0.15, 0.2) is 0 Å². The predicted molar refractivity (Wildman–Crippen MR) is 99.6 cm³/mol. The fourth-order valence-corrected chi connectivity index (χ4v) is 3.03. The highest BCUT2D eigenvalue weighted by Gasteiger charge is 2.23. The largest absolute Gasteiger partial charge is 0.508 e. The standard InChI is InChI=1S/C20H19FN4O2/c21-15-3-7-17(8-4-15)27-19-9-10-23-20(24-19)25-12-11-22-18(13-25)14-1-5-16(26)6-2-14/h1-10,18,22,26H,11-13H2. The van der Waals surface area contributed by atoms with E-state index >= 15 is 0 Å². The summed E-state index contributed by atoms with van der Waals surface area (Å²) in [6, 6.07) is 14.8. The topological polar surface area (TPSA) is 70.5 Å². The third kappa shape index (κ3) is 4.15. The minimum atomic E-state index is -0.313. The van der Waals surface area contributed by atoms with Crippen LogP contribution in [0, 0.1) is 5.82 Å². The molecule has 1 saturated heterocycles. The monoisotopic (exact) mass is 366 g/mol. The van der Waals surface area contributed by atoms with Crippen molar-refractivity contribution in [2.45, 2.75) is 6.04 Å². The number of piperazine rings is 1. The molecular formula is C20H19FN4O2. The highest BCUT2D eigenvalue weighted by Crippen LogP contribution is 2.24. The molecule has 1 atom stereocenters. The minimum Gasteiger partial charge on any atom is -0.508 e. The Morgan fingerprint density at radius 2 is 1.85 bits per heavy atom. The highest BCUT2D eigenvalue weighted by molar-refractivity contribution is 5.37. The molecule has 2 N–H and O–H groups in total. The number of halogens is 1. The minimum absolute atomic E-state index is 0.115. The Balaban J connectivity index is 1.49. The molecule has 0 radical (unpaired) electrons. The molecule has 1 unspecified atom stereocenters. The van der Waals surface area contributed by atoms with Crippen LogP contribution < -0.4 is 15.0 Å². The van der Waals surface area contributed by atoms with E-state index in [1.807, 2.05) is 12.1 Å². The quantitative estimate of drug-likeness (QED) is 0.739. The number of hydrogen-bond donors (Lipinski definition) is 2. The Morgan fingerprint density at radius 3 is 2.63 bits per heavy atom. The Labute approximate surface area is 156 Å². The van der Waals surface area contributed by atoms with E-state index in [-0.39, 0.29) is 17.6 Å². The van der Waals surface area contributed by atoms with Crippen molar-refractivity contribution in [3.8, 4) is 17.4 Å². The van der Waals surface area contributed by atoms with E-state index in [1.165, 1.54) is 12.1 Å². The number of benzene rings is 2. The van der Waals surface area contributed by atoms with Crippen molar-refractivity contribution in [2.24, 2.45) is 0 Å². The van der Waals surface area contributed by atoms with Crippen LogP contribution in [0.1, 0.15) is 11.6 Å². The zero-order valence-corrected chi connectivity index (χ0v) is 14.5. The summed E-state index contributed by atoms with van der Waals surface area (Å²) in [4.78, 5) is 10.9. The lowest BCUT2D eigenvalue weighted by molar-refractivity contribution is 0.447. The summed E-state index contributed by atoms with van der Waals surface area (Å²) in [6.45, 7) is 2.26. The summed E-state index contributed by atoms with van der Waals surface area (Å²) in [5, 5.41) is 12.9. The number of phenols is 1. The molecule has 6 nitrogen and oxygen atoms in total. The average molecular weight is 366 g/mol. The van der Waals surface area contributed by atoms with Crippen molar-refractivity contribution in [3.63, 3.8) is 0 Å². The molecule has 1 aliphatic heterocycles. The number of rotatable bonds is 4. The number of anilines is 1. The van der Waals surface area contributed by atoms with Crippen LogP contribution in [0.2, 0.25) is 0 Å². The van der Waals surface area contributed by atoms with Gasteiger partial charge < -0.3 is 20.1 Å². The number of aromatic nitrogens is 2. The third-order valence-corrected chi connectivity index (χ3v) is 4.41. The normalized spacial score (nSPS) is 16.9. The molecule has 2 heterocycles. The highest BCUT2D eigenvalue weighted by atomic mass is 19.1. The fraction of sp³-hybridized carbons (Fsp3) is 0.200. The van der Waals surface area contributed by atoms with Gasteiger partial charge in [-0.1, -0.05) is 12.1 Å². The number of hydrogen-bond acceptors (Lipinski definition) is 6. The number of aromatic hydroxyl groups is 1. The maximum absolute atomic E-state index is 13.0. The molecule has 4 rings (SSSR count). The van der Waals surface area contributed by atoms with Crippen LogP contribution in [0.25, 0.3) is 0 Å². The lowest BCUT2D eigenvalue weighted by Gasteiger charge is -2.34. The predicted octanol–water partition coefficient (Wildman–Crippen LogP) is 3.26. The lowest BCUT2D eigenvalue weighted by Crippen LogP contribution is -2.46. The van der Waals surface area contributed by atoms with Crippen molar-refractivity contribution in [1.82, 2.24) is 15.3 Å². The van der Waals surface area contributed by atoms with Crippen molar-refractivity contribution < 1.29 is 14.2 Å². The smallest absolute Gasteiger partial charge is 0.228 e. The van der Waals surface area contributed by atoms with Crippen molar-refractivity contribution >= 4 is 5.95 Å².